The standard InChI is InChI=1S/C15H17NO3S/c1-20(17,18)15-7-6-12(14-5-4-10-19-14)11-13(15)16-8-2-3-9-16/h4-7,10-11H,2-3,8-9H2,1H3. The van der Waals surface area contributed by atoms with Gasteiger partial charge in [-0.3, -0.25) is 0 Å². The van der Waals surface area contributed by atoms with Crippen LogP contribution >= 0.6 is 0 Å². The highest BCUT2D eigenvalue weighted by Crippen LogP contribution is 2.33. The van der Waals surface area contributed by atoms with Gasteiger partial charge >= 0.3 is 0 Å². The smallest absolute Gasteiger partial charge is 0.177 e. The van der Waals surface area contributed by atoms with Crippen LogP contribution in [0.1, 0.15) is 12.8 Å². The molecule has 0 aliphatic carbocycles. The minimum atomic E-state index is -3.23. The summed E-state index contributed by atoms with van der Waals surface area (Å²) in [7, 11) is -3.23. The quantitative estimate of drug-likeness (QED) is 0.872. The Morgan fingerprint density at radius 1 is 1.15 bits per heavy atom. The van der Waals surface area contributed by atoms with Gasteiger partial charge in [-0.1, -0.05) is 0 Å². The third-order valence-electron chi connectivity index (χ3n) is 3.61. The number of sulfone groups is 1. The van der Waals surface area contributed by atoms with Crippen molar-refractivity contribution < 1.29 is 12.8 Å². The Hall–Kier alpha value is -1.75. The summed E-state index contributed by atoms with van der Waals surface area (Å²) in [5.74, 6) is 0.755. The lowest BCUT2D eigenvalue weighted by Crippen LogP contribution is -2.20. The van der Waals surface area contributed by atoms with E-state index in [-0.39, 0.29) is 0 Å². The van der Waals surface area contributed by atoms with E-state index in [1.54, 1.807) is 18.4 Å². The predicted octanol–water partition coefficient (Wildman–Crippen LogP) is 2.95. The number of anilines is 1. The highest BCUT2D eigenvalue weighted by atomic mass is 32.2. The van der Waals surface area contributed by atoms with Crippen molar-refractivity contribution in [1.82, 2.24) is 0 Å². The lowest BCUT2D eigenvalue weighted by atomic mass is 10.1. The summed E-state index contributed by atoms with van der Waals surface area (Å²) in [6, 6.07) is 9.11. The second-order valence-electron chi connectivity index (χ2n) is 5.13. The second kappa shape index (κ2) is 4.98. The molecule has 106 valence electrons. The summed E-state index contributed by atoms with van der Waals surface area (Å²) in [4.78, 5) is 2.54. The summed E-state index contributed by atoms with van der Waals surface area (Å²) >= 11 is 0. The molecule has 1 saturated heterocycles. The van der Waals surface area contributed by atoms with E-state index < -0.39 is 9.84 Å². The zero-order valence-corrected chi connectivity index (χ0v) is 12.2. The zero-order valence-electron chi connectivity index (χ0n) is 11.4. The maximum Gasteiger partial charge on any atom is 0.177 e. The summed E-state index contributed by atoms with van der Waals surface area (Å²) in [6.45, 7) is 1.81. The van der Waals surface area contributed by atoms with Crippen LogP contribution in [0.5, 0.6) is 0 Å². The maximum atomic E-state index is 12.0. The van der Waals surface area contributed by atoms with E-state index in [9.17, 15) is 8.42 Å². The molecule has 20 heavy (non-hydrogen) atoms. The maximum absolute atomic E-state index is 12.0. The molecule has 1 aliphatic heterocycles. The van der Waals surface area contributed by atoms with Crippen LogP contribution in [0.25, 0.3) is 11.3 Å². The van der Waals surface area contributed by atoms with E-state index >= 15 is 0 Å². The molecule has 3 rings (SSSR count). The number of hydrogen-bond donors (Lipinski definition) is 0. The Bertz CT molecular complexity index is 699. The molecule has 1 aromatic carbocycles. The molecular formula is C15H17NO3S. The van der Waals surface area contributed by atoms with Gasteiger partial charge in [-0.05, 0) is 43.2 Å². The van der Waals surface area contributed by atoms with Gasteiger partial charge in [-0.15, -0.1) is 0 Å². The van der Waals surface area contributed by atoms with Crippen LogP contribution in [0.2, 0.25) is 0 Å². The van der Waals surface area contributed by atoms with Crippen LogP contribution in [0, 0.1) is 0 Å². The van der Waals surface area contributed by atoms with Gasteiger partial charge in [-0.25, -0.2) is 8.42 Å². The van der Waals surface area contributed by atoms with Crippen LogP contribution in [0.15, 0.2) is 45.9 Å². The normalized spacial score (nSPS) is 15.8. The zero-order chi connectivity index (χ0) is 14.2. The largest absolute Gasteiger partial charge is 0.464 e. The van der Waals surface area contributed by atoms with Crippen LogP contribution in [-0.2, 0) is 9.84 Å². The van der Waals surface area contributed by atoms with Crippen molar-refractivity contribution in [2.24, 2.45) is 0 Å². The molecule has 0 spiro atoms. The molecule has 2 aromatic rings. The van der Waals surface area contributed by atoms with Gasteiger partial charge in [0.25, 0.3) is 0 Å². The topological polar surface area (TPSA) is 50.5 Å². The number of rotatable bonds is 3. The van der Waals surface area contributed by atoms with Gasteiger partial charge in [0.15, 0.2) is 9.84 Å². The fourth-order valence-corrected chi connectivity index (χ4v) is 3.52. The Labute approximate surface area is 118 Å². The highest BCUT2D eigenvalue weighted by molar-refractivity contribution is 7.90. The molecule has 0 radical (unpaired) electrons. The van der Waals surface area contributed by atoms with Crippen molar-refractivity contribution in [3.05, 3.63) is 36.6 Å². The van der Waals surface area contributed by atoms with E-state index in [4.69, 9.17) is 4.42 Å². The third kappa shape index (κ3) is 2.45. The van der Waals surface area contributed by atoms with E-state index in [0.29, 0.717) is 4.90 Å². The molecule has 0 bridgehead atoms. The first-order valence-electron chi connectivity index (χ1n) is 6.68. The third-order valence-corrected chi connectivity index (χ3v) is 4.76. The monoisotopic (exact) mass is 291 g/mol. The van der Waals surface area contributed by atoms with E-state index in [0.717, 1.165) is 42.9 Å². The molecule has 0 amide bonds. The van der Waals surface area contributed by atoms with E-state index in [1.807, 2.05) is 18.2 Å². The van der Waals surface area contributed by atoms with Gasteiger partial charge in [0.05, 0.1) is 16.8 Å². The van der Waals surface area contributed by atoms with Crippen molar-refractivity contribution in [2.75, 3.05) is 24.2 Å². The van der Waals surface area contributed by atoms with Gasteiger partial charge < -0.3 is 9.32 Å². The number of benzene rings is 1. The molecule has 1 aliphatic rings. The Kier molecular flexibility index (Phi) is 3.30. The first-order valence-corrected chi connectivity index (χ1v) is 8.58. The molecule has 2 heterocycles. The summed E-state index contributed by atoms with van der Waals surface area (Å²) < 4.78 is 29.3. The molecule has 4 nitrogen and oxygen atoms in total. The van der Waals surface area contributed by atoms with Crippen LogP contribution in [0.3, 0.4) is 0 Å². The first-order chi connectivity index (χ1) is 9.55. The second-order valence-corrected chi connectivity index (χ2v) is 7.11. The van der Waals surface area contributed by atoms with Gasteiger partial charge in [0, 0.05) is 24.9 Å². The Morgan fingerprint density at radius 2 is 1.90 bits per heavy atom. The average molecular weight is 291 g/mol. The van der Waals surface area contributed by atoms with Crippen LogP contribution < -0.4 is 4.90 Å². The van der Waals surface area contributed by atoms with Crippen molar-refractivity contribution in [2.45, 2.75) is 17.7 Å². The number of furan rings is 1. The van der Waals surface area contributed by atoms with Crippen molar-refractivity contribution >= 4 is 15.5 Å². The van der Waals surface area contributed by atoms with Crippen LogP contribution in [-0.4, -0.2) is 27.8 Å². The molecule has 1 aromatic heterocycles. The minimum absolute atomic E-state index is 0.398. The van der Waals surface area contributed by atoms with Crippen LogP contribution in [0.4, 0.5) is 5.69 Å². The number of nitrogens with zero attached hydrogens (tertiary/aromatic N) is 1. The number of hydrogen-bond acceptors (Lipinski definition) is 4. The highest BCUT2D eigenvalue weighted by Gasteiger charge is 2.21. The fraction of sp³-hybridized carbons (Fsp3) is 0.333. The summed E-state index contributed by atoms with van der Waals surface area (Å²) in [5, 5.41) is 0. The van der Waals surface area contributed by atoms with Crippen molar-refractivity contribution in [3.8, 4) is 11.3 Å². The van der Waals surface area contributed by atoms with Crippen molar-refractivity contribution in [1.29, 1.82) is 0 Å². The van der Waals surface area contributed by atoms with E-state index in [2.05, 4.69) is 4.90 Å². The lowest BCUT2D eigenvalue weighted by molar-refractivity contribution is 0.582. The molecular weight excluding hydrogens is 274 g/mol. The van der Waals surface area contributed by atoms with Gasteiger partial charge in [0.1, 0.15) is 5.76 Å². The van der Waals surface area contributed by atoms with Gasteiger partial charge in [0.2, 0.25) is 0 Å². The predicted molar refractivity (Wildman–Crippen MR) is 78.7 cm³/mol. The molecule has 0 atom stereocenters. The first kappa shape index (κ1) is 13.2. The Balaban J connectivity index is 2.13. The Morgan fingerprint density at radius 3 is 2.50 bits per heavy atom. The molecule has 1 fully saturated rings. The lowest BCUT2D eigenvalue weighted by Gasteiger charge is -2.21. The molecule has 0 saturated carbocycles. The van der Waals surface area contributed by atoms with E-state index in [1.165, 1.54) is 6.26 Å². The molecule has 0 unspecified atom stereocenters. The summed E-state index contributed by atoms with van der Waals surface area (Å²) in [5.41, 5.74) is 1.70. The fourth-order valence-electron chi connectivity index (χ4n) is 2.63. The molecule has 5 heteroatoms. The molecule has 0 N–H and O–H groups in total. The average Bonchev–Trinajstić information content (AvgIpc) is 3.10. The van der Waals surface area contributed by atoms with Gasteiger partial charge in [-0.2, -0.15) is 0 Å². The summed E-state index contributed by atoms with van der Waals surface area (Å²) in [6.07, 6.45) is 5.09. The van der Waals surface area contributed by atoms with Crippen molar-refractivity contribution in [3.63, 3.8) is 0 Å². The minimum Gasteiger partial charge on any atom is -0.464 e. The SMILES string of the molecule is CS(=O)(=O)c1ccc(-c2ccco2)cc1N1CCCC1.